The highest BCUT2D eigenvalue weighted by atomic mass is 16.4. The Bertz CT molecular complexity index is 622. The number of rotatable bonds is 4. The van der Waals surface area contributed by atoms with Crippen LogP contribution in [-0.4, -0.2) is 21.0 Å². The number of carbonyl (C=O) groups is 1. The minimum atomic E-state index is -0.934. The van der Waals surface area contributed by atoms with E-state index in [4.69, 9.17) is 5.11 Å². The highest BCUT2D eigenvalue weighted by molar-refractivity contribution is 5.88. The van der Waals surface area contributed by atoms with Crippen molar-refractivity contribution in [2.24, 2.45) is 0 Å². The molecular weight excluding hydrogens is 254 g/mol. The fraction of sp³-hybridized carbons (Fsp3) is 0.267. The third-order valence-corrected chi connectivity index (χ3v) is 2.85. The lowest BCUT2D eigenvalue weighted by atomic mass is 10.1. The van der Waals surface area contributed by atoms with Crippen LogP contribution in [0.3, 0.4) is 0 Å². The van der Waals surface area contributed by atoms with E-state index in [-0.39, 0.29) is 5.56 Å². The van der Waals surface area contributed by atoms with Gasteiger partial charge in [-0.2, -0.15) is 0 Å². The van der Waals surface area contributed by atoms with Gasteiger partial charge in [-0.05, 0) is 37.1 Å². The van der Waals surface area contributed by atoms with Gasteiger partial charge in [0.15, 0.2) is 0 Å². The van der Waals surface area contributed by atoms with E-state index in [0.29, 0.717) is 17.6 Å². The molecule has 2 rings (SSSR count). The minimum absolute atomic E-state index is 0.261. The lowest BCUT2D eigenvalue weighted by Crippen LogP contribution is -2.02. The van der Waals surface area contributed by atoms with Gasteiger partial charge in [0, 0.05) is 17.4 Å². The van der Waals surface area contributed by atoms with E-state index in [1.807, 2.05) is 13.0 Å². The number of aromatic carboxylic acids is 1. The molecule has 0 aliphatic rings. The SMILES string of the molecule is Cc1nc(Nc2ccc(C(=O)O)cc2)cc(C(C)C)n1. The van der Waals surface area contributed by atoms with E-state index in [1.54, 1.807) is 24.3 Å². The van der Waals surface area contributed by atoms with Crippen LogP contribution in [0.1, 0.15) is 41.6 Å². The van der Waals surface area contributed by atoms with Gasteiger partial charge in [0.1, 0.15) is 11.6 Å². The molecule has 1 aromatic heterocycles. The molecule has 0 unspecified atom stereocenters. The summed E-state index contributed by atoms with van der Waals surface area (Å²) in [6.45, 7) is 6.00. The maximum atomic E-state index is 10.8. The standard InChI is InChI=1S/C15H17N3O2/c1-9(2)13-8-14(17-10(3)16-13)18-12-6-4-11(5-7-12)15(19)20/h4-9H,1-3H3,(H,19,20)(H,16,17,18). The van der Waals surface area contributed by atoms with E-state index in [0.717, 1.165) is 11.4 Å². The van der Waals surface area contributed by atoms with Crippen molar-refractivity contribution in [1.82, 2.24) is 9.97 Å². The van der Waals surface area contributed by atoms with E-state index in [9.17, 15) is 4.79 Å². The first-order valence-corrected chi connectivity index (χ1v) is 6.41. The van der Waals surface area contributed by atoms with Gasteiger partial charge in [0.2, 0.25) is 0 Å². The molecule has 1 aromatic carbocycles. The van der Waals surface area contributed by atoms with Crippen molar-refractivity contribution in [2.45, 2.75) is 26.7 Å². The maximum Gasteiger partial charge on any atom is 0.335 e. The maximum absolute atomic E-state index is 10.8. The van der Waals surface area contributed by atoms with Gasteiger partial charge in [-0.1, -0.05) is 13.8 Å². The van der Waals surface area contributed by atoms with Crippen LogP contribution in [-0.2, 0) is 0 Å². The van der Waals surface area contributed by atoms with Crippen LogP contribution in [0.4, 0.5) is 11.5 Å². The summed E-state index contributed by atoms with van der Waals surface area (Å²) in [6, 6.07) is 8.46. The second-order valence-electron chi connectivity index (χ2n) is 4.89. The van der Waals surface area contributed by atoms with Crippen molar-refractivity contribution in [3.05, 3.63) is 47.4 Å². The number of hydrogen-bond donors (Lipinski definition) is 2. The molecule has 0 aliphatic carbocycles. The lowest BCUT2D eigenvalue weighted by molar-refractivity contribution is 0.0697. The molecule has 5 nitrogen and oxygen atoms in total. The quantitative estimate of drug-likeness (QED) is 0.891. The number of aromatic nitrogens is 2. The molecule has 2 aromatic rings. The molecular formula is C15H17N3O2. The van der Waals surface area contributed by atoms with E-state index >= 15 is 0 Å². The van der Waals surface area contributed by atoms with Crippen molar-refractivity contribution in [3.63, 3.8) is 0 Å². The normalized spacial score (nSPS) is 10.6. The average Bonchev–Trinajstić information content (AvgIpc) is 2.38. The predicted molar refractivity (Wildman–Crippen MR) is 77.5 cm³/mol. The first kappa shape index (κ1) is 14.0. The van der Waals surface area contributed by atoms with Crippen molar-refractivity contribution >= 4 is 17.5 Å². The Morgan fingerprint density at radius 2 is 1.85 bits per heavy atom. The van der Waals surface area contributed by atoms with Crippen molar-refractivity contribution < 1.29 is 9.90 Å². The number of carboxylic acids is 1. The number of hydrogen-bond acceptors (Lipinski definition) is 4. The first-order valence-electron chi connectivity index (χ1n) is 6.41. The summed E-state index contributed by atoms with van der Waals surface area (Å²) in [5.74, 6) is 0.813. The zero-order valence-corrected chi connectivity index (χ0v) is 11.7. The van der Waals surface area contributed by atoms with Crippen LogP contribution < -0.4 is 5.32 Å². The molecule has 0 radical (unpaired) electrons. The van der Waals surface area contributed by atoms with Crippen LogP contribution in [0, 0.1) is 6.92 Å². The summed E-state index contributed by atoms with van der Waals surface area (Å²) < 4.78 is 0. The van der Waals surface area contributed by atoms with Crippen LogP contribution in [0.2, 0.25) is 0 Å². The van der Waals surface area contributed by atoms with Gasteiger partial charge in [0.05, 0.1) is 5.56 Å². The Kier molecular flexibility index (Phi) is 3.98. The Morgan fingerprint density at radius 3 is 2.40 bits per heavy atom. The van der Waals surface area contributed by atoms with E-state index < -0.39 is 5.97 Å². The summed E-state index contributed by atoms with van der Waals surface area (Å²) in [4.78, 5) is 19.5. The zero-order chi connectivity index (χ0) is 14.7. The van der Waals surface area contributed by atoms with Gasteiger partial charge in [-0.3, -0.25) is 0 Å². The van der Waals surface area contributed by atoms with Crippen molar-refractivity contribution in [2.75, 3.05) is 5.32 Å². The summed E-state index contributed by atoms with van der Waals surface area (Å²) >= 11 is 0. The monoisotopic (exact) mass is 271 g/mol. The summed E-state index contributed by atoms with van der Waals surface area (Å²) in [7, 11) is 0. The molecule has 5 heteroatoms. The van der Waals surface area contributed by atoms with Crippen molar-refractivity contribution in [1.29, 1.82) is 0 Å². The largest absolute Gasteiger partial charge is 0.478 e. The van der Waals surface area contributed by atoms with Crippen LogP contribution >= 0.6 is 0 Å². The molecule has 1 heterocycles. The Balaban J connectivity index is 2.23. The Hall–Kier alpha value is -2.43. The number of benzene rings is 1. The fourth-order valence-electron chi connectivity index (χ4n) is 1.79. The van der Waals surface area contributed by atoms with Crippen LogP contribution in [0.5, 0.6) is 0 Å². The third-order valence-electron chi connectivity index (χ3n) is 2.85. The van der Waals surface area contributed by atoms with Gasteiger partial charge < -0.3 is 10.4 Å². The van der Waals surface area contributed by atoms with Gasteiger partial charge in [-0.15, -0.1) is 0 Å². The molecule has 0 saturated heterocycles. The second kappa shape index (κ2) is 5.69. The number of carboxylic acid groups (broad SMARTS) is 1. The Labute approximate surface area is 117 Å². The molecule has 0 saturated carbocycles. The van der Waals surface area contributed by atoms with Gasteiger partial charge in [0.25, 0.3) is 0 Å². The van der Waals surface area contributed by atoms with Crippen LogP contribution in [0.15, 0.2) is 30.3 Å². The first-order chi connectivity index (χ1) is 9.45. The smallest absolute Gasteiger partial charge is 0.335 e. The summed E-state index contributed by atoms with van der Waals surface area (Å²) in [6.07, 6.45) is 0. The average molecular weight is 271 g/mol. The Morgan fingerprint density at radius 1 is 1.20 bits per heavy atom. The lowest BCUT2D eigenvalue weighted by Gasteiger charge is -2.10. The molecule has 0 aliphatic heterocycles. The number of nitrogens with zero attached hydrogens (tertiary/aromatic N) is 2. The molecule has 0 bridgehead atoms. The zero-order valence-electron chi connectivity index (χ0n) is 11.7. The summed E-state index contributed by atoms with van der Waals surface area (Å²) in [5.41, 5.74) is 2.03. The molecule has 104 valence electrons. The highest BCUT2D eigenvalue weighted by Gasteiger charge is 2.06. The number of aryl methyl sites for hydroxylation is 1. The van der Waals surface area contributed by atoms with E-state index in [1.165, 1.54) is 0 Å². The van der Waals surface area contributed by atoms with Crippen molar-refractivity contribution in [3.8, 4) is 0 Å². The van der Waals surface area contributed by atoms with Gasteiger partial charge in [-0.25, -0.2) is 14.8 Å². The topological polar surface area (TPSA) is 75.1 Å². The molecule has 0 fully saturated rings. The fourth-order valence-corrected chi connectivity index (χ4v) is 1.79. The molecule has 0 amide bonds. The predicted octanol–water partition coefficient (Wildman–Crippen LogP) is 3.35. The molecule has 2 N–H and O–H groups in total. The third kappa shape index (κ3) is 3.32. The molecule has 20 heavy (non-hydrogen) atoms. The van der Waals surface area contributed by atoms with Crippen LogP contribution in [0.25, 0.3) is 0 Å². The summed E-state index contributed by atoms with van der Waals surface area (Å²) in [5, 5.41) is 12.0. The molecule has 0 atom stereocenters. The highest BCUT2D eigenvalue weighted by Crippen LogP contribution is 2.19. The minimum Gasteiger partial charge on any atom is -0.478 e. The second-order valence-corrected chi connectivity index (χ2v) is 4.89. The van der Waals surface area contributed by atoms with E-state index in [2.05, 4.69) is 29.1 Å². The van der Waals surface area contributed by atoms with Gasteiger partial charge >= 0.3 is 5.97 Å². The number of anilines is 2. The number of nitrogens with one attached hydrogen (secondary N) is 1. The molecule has 0 spiro atoms.